The van der Waals surface area contributed by atoms with Gasteiger partial charge in [0.25, 0.3) is 0 Å². The molecule has 0 N–H and O–H groups in total. The Bertz CT molecular complexity index is 6080. The Morgan fingerprint density at radius 1 is 0.158 bits per heavy atom. The molecule has 0 spiro atoms. The van der Waals surface area contributed by atoms with Crippen molar-refractivity contribution in [2.24, 2.45) is 0 Å². The highest BCUT2D eigenvalue weighted by Crippen LogP contribution is 2.58. The minimum Gasteiger partial charge on any atom is -0.106 e. The maximum absolute atomic E-state index is 6.14. The highest BCUT2D eigenvalue weighted by Gasteiger charge is 2.34. The van der Waals surface area contributed by atoms with Crippen LogP contribution in [0.3, 0.4) is 0 Å². The standard InChI is InChI=1S/C95H72/c1-27-33-38-41-43-47-53-78-75(51-46-42-39-34-28-2)76(50-45-40-35-29-3)79(52-44-36-30-4)93-91-77(49-37-31-5)74(48-32-6)62(15)71(24)81(91)73(26)90(92(78)93)95-87-69(22)60(13)58(11)67(20)85(87)94(86-68(21)59(12)61(14)70(23)88(86)95)89-72(25)80-63(16)54(7)55(8)64(17)82(80)83-65(18)56(9)57(10)66(19)84(83)89/h1,3,5H,2,4,6-26H3. The van der Waals surface area contributed by atoms with Crippen LogP contribution in [0.5, 0.6) is 0 Å². The Labute approximate surface area is 566 Å². The second-order valence-electron chi connectivity index (χ2n) is 24.6. The van der Waals surface area contributed by atoms with Gasteiger partial charge in [-0.3, -0.25) is 0 Å². The number of terminal acetylenes is 3. The fourth-order valence-corrected chi connectivity index (χ4v) is 14.6. The second-order valence-corrected chi connectivity index (χ2v) is 24.6. The van der Waals surface area contributed by atoms with Gasteiger partial charge in [0, 0.05) is 27.3 Å². The van der Waals surface area contributed by atoms with Gasteiger partial charge in [-0.05, 0) is 448 Å². The van der Waals surface area contributed by atoms with E-state index in [1.54, 1.807) is 13.8 Å². The van der Waals surface area contributed by atoms with E-state index in [0.29, 0.717) is 33.2 Å². The molecule has 0 aromatic heterocycles. The molecule has 452 valence electrons. The zero-order valence-electron chi connectivity index (χ0n) is 59.2. The lowest BCUT2D eigenvalue weighted by molar-refractivity contribution is 1.23. The van der Waals surface area contributed by atoms with E-state index in [1.165, 1.54) is 127 Å². The van der Waals surface area contributed by atoms with E-state index in [9.17, 15) is 0 Å². The zero-order chi connectivity index (χ0) is 69.3. The first-order valence-electron chi connectivity index (χ1n) is 31.6. The minimum atomic E-state index is 0.413. The molecular formula is C95H72. The lowest BCUT2D eigenvalue weighted by Gasteiger charge is -2.31. The van der Waals surface area contributed by atoms with Crippen LogP contribution in [-0.2, 0) is 0 Å². The lowest BCUT2D eigenvalue weighted by Crippen LogP contribution is -2.09. The molecule has 9 rings (SSSR count). The van der Waals surface area contributed by atoms with Crippen LogP contribution in [0, 0.1) is 318 Å². The third-order valence-corrected chi connectivity index (χ3v) is 20.6. The van der Waals surface area contributed by atoms with Crippen LogP contribution in [-0.4, -0.2) is 0 Å². The van der Waals surface area contributed by atoms with Crippen molar-refractivity contribution in [1.82, 2.24) is 0 Å². The van der Waals surface area contributed by atoms with Crippen molar-refractivity contribution in [3.63, 3.8) is 0 Å². The van der Waals surface area contributed by atoms with Gasteiger partial charge in [0.1, 0.15) is 0 Å². The molecule has 9 aromatic rings. The summed E-state index contributed by atoms with van der Waals surface area (Å²) in [5.41, 5.74) is 31.8. The predicted molar refractivity (Wildman–Crippen MR) is 409 cm³/mol. The molecule has 9 aromatic carbocycles. The quantitative estimate of drug-likeness (QED) is 0.0919. The Balaban J connectivity index is 1.87. The molecule has 0 saturated carbocycles. The first-order valence-corrected chi connectivity index (χ1v) is 31.6. The predicted octanol–water partition coefficient (Wildman–Crippen LogP) is 19.2. The van der Waals surface area contributed by atoms with E-state index >= 15 is 0 Å². The maximum atomic E-state index is 6.14. The smallest absolute Gasteiger partial charge is 0.0588 e. The average molecular weight is 1210 g/mol. The third-order valence-electron chi connectivity index (χ3n) is 20.6. The summed E-state index contributed by atoms with van der Waals surface area (Å²) in [6.07, 6.45) is 17.5. The van der Waals surface area contributed by atoms with Gasteiger partial charge in [-0.25, -0.2) is 0 Å². The molecule has 0 fully saturated rings. The molecular weight excluding hydrogens is 1140 g/mol. The van der Waals surface area contributed by atoms with Gasteiger partial charge in [0.15, 0.2) is 0 Å². The number of fused-ring (bicyclic) bond motifs is 8. The van der Waals surface area contributed by atoms with Crippen molar-refractivity contribution in [2.75, 3.05) is 0 Å². The molecule has 0 unspecified atom stereocenters. The van der Waals surface area contributed by atoms with Crippen LogP contribution in [0.1, 0.15) is 165 Å². The molecule has 0 nitrogen and oxygen atoms in total. The molecule has 0 aliphatic rings. The summed E-state index contributed by atoms with van der Waals surface area (Å²) in [7, 11) is 0. The summed E-state index contributed by atoms with van der Waals surface area (Å²) in [6.45, 7) is 51.2. The van der Waals surface area contributed by atoms with Crippen LogP contribution in [0.4, 0.5) is 0 Å². The van der Waals surface area contributed by atoms with E-state index in [1.807, 2.05) is 6.92 Å². The molecule has 0 atom stereocenters. The average Bonchev–Trinajstić information content (AvgIpc) is 0.681. The van der Waals surface area contributed by atoms with E-state index in [0.717, 1.165) is 71.4 Å². The van der Waals surface area contributed by atoms with Crippen molar-refractivity contribution in [1.29, 1.82) is 0 Å². The first kappa shape index (κ1) is 67.3. The van der Waals surface area contributed by atoms with Crippen molar-refractivity contribution < 1.29 is 0 Å². The van der Waals surface area contributed by atoms with E-state index in [-0.39, 0.29) is 0 Å². The van der Waals surface area contributed by atoms with Gasteiger partial charge in [-0.15, -0.1) is 25.2 Å². The van der Waals surface area contributed by atoms with Gasteiger partial charge < -0.3 is 0 Å². The second kappa shape index (κ2) is 27.0. The largest absolute Gasteiger partial charge is 0.106 e. The van der Waals surface area contributed by atoms with Gasteiger partial charge in [-0.2, -0.15) is 0 Å². The van der Waals surface area contributed by atoms with E-state index < -0.39 is 0 Å². The van der Waals surface area contributed by atoms with E-state index in [2.05, 4.69) is 298 Å². The summed E-state index contributed by atoms with van der Waals surface area (Å²) >= 11 is 0. The Hall–Kier alpha value is -12.1. The van der Waals surface area contributed by atoms with E-state index in [4.69, 9.17) is 19.3 Å². The lowest BCUT2D eigenvalue weighted by atomic mass is 9.71. The molecule has 0 saturated heterocycles. The molecule has 0 aliphatic heterocycles. The topological polar surface area (TPSA) is 0 Å². The Morgan fingerprint density at radius 3 is 0.821 bits per heavy atom. The van der Waals surface area contributed by atoms with Crippen LogP contribution in [0.15, 0.2) is 0 Å². The third kappa shape index (κ3) is 10.7. The molecule has 0 bridgehead atoms. The van der Waals surface area contributed by atoms with Crippen LogP contribution < -0.4 is 0 Å². The highest BCUT2D eigenvalue weighted by atomic mass is 14.4. The number of rotatable bonds is 2. The summed E-state index contributed by atoms with van der Waals surface area (Å²) in [6, 6.07) is 0. The molecule has 0 radical (unpaired) electrons. The fourth-order valence-electron chi connectivity index (χ4n) is 14.6. The molecule has 95 heavy (non-hydrogen) atoms. The van der Waals surface area contributed by atoms with Crippen molar-refractivity contribution in [3.8, 4) is 201 Å². The van der Waals surface area contributed by atoms with Crippen molar-refractivity contribution in [3.05, 3.63) is 145 Å². The monoisotopic (exact) mass is 1210 g/mol. The summed E-state index contributed by atoms with van der Waals surface area (Å²) < 4.78 is 0. The highest BCUT2D eigenvalue weighted by molar-refractivity contribution is 6.34. The maximum Gasteiger partial charge on any atom is 0.0588 e. The molecule has 0 amide bonds. The van der Waals surface area contributed by atoms with Crippen LogP contribution in [0.25, 0.3) is 86.9 Å². The van der Waals surface area contributed by atoms with Crippen molar-refractivity contribution >= 4 is 64.6 Å². The van der Waals surface area contributed by atoms with Gasteiger partial charge in [-0.1, -0.05) is 47.4 Å². The van der Waals surface area contributed by atoms with Gasteiger partial charge in [0.2, 0.25) is 0 Å². The summed E-state index contributed by atoms with van der Waals surface area (Å²) in [5, 5.41) is 13.0. The number of hydrogen-bond donors (Lipinski definition) is 0. The Morgan fingerprint density at radius 2 is 0.411 bits per heavy atom. The summed E-state index contributed by atoms with van der Waals surface area (Å²) in [5.74, 6) is 82.1. The molecule has 0 heterocycles. The normalized spacial score (nSPS) is 9.85. The van der Waals surface area contributed by atoms with Gasteiger partial charge >= 0.3 is 0 Å². The Kier molecular flexibility index (Phi) is 19.2. The number of benzene rings is 9. The minimum absolute atomic E-state index is 0.413. The van der Waals surface area contributed by atoms with Crippen LogP contribution >= 0.6 is 0 Å². The number of hydrogen-bond acceptors (Lipinski definition) is 0. The zero-order valence-corrected chi connectivity index (χ0v) is 59.2. The summed E-state index contributed by atoms with van der Waals surface area (Å²) in [4.78, 5) is 0. The van der Waals surface area contributed by atoms with Crippen molar-refractivity contribution in [2.45, 2.75) is 159 Å². The van der Waals surface area contributed by atoms with Crippen LogP contribution in [0.2, 0.25) is 0 Å². The van der Waals surface area contributed by atoms with Gasteiger partial charge in [0.05, 0.1) is 22.3 Å². The molecule has 0 heteroatoms. The molecule has 0 aliphatic carbocycles. The fraction of sp³-hybridized carbons (Fsp3) is 0.242. The first-order chi connectivity index (χ1) is 45.4. The number of aryl methyl sites for hydroxylation is 11. The SMILES string of the molecule is C#CC#CC#CC#Cc1c(C#CC#CC#CC)c(C#CC#CC#C)c(C#CC#CC)c2c1c(-c1c3c(C)c(C)c(C)c(C)c3c(-c3c(C)c4c(C)c(C)c(C)c(C)c4c4c(C)c(C)c(C)c(C)c34)c3c(C)c(C)c(C)c(C)c13)c(C)c1c(C)c(C)c(C#CC)c(C#CC#C)c12.